The summed E-state index contributed by atoms with van der Waals surface area (Å²) in [6.07, 6.45) is -5.55. The van der Waals surface area contributed by atoms with Gasteiger partial charge in [0.25, 0.3) is 11.4 Å². The van der Waals surface area contributed by atoms with E-state index in [1.165, 1.54) is 6.92 Å². The van der Waals surface area contributed by atoms with Gasteiger partial charge < -0.3 is 9.47 Å². The van der Waals surface area contributed by atoms with E-state index in [0.717, 1.165) is 29.1 Å². The van der Waals surface area contributed by atoms with Crippen LogP contribution in [0.15, 0.2) is 18.2 Å². The van der Waals surface area contributed by atoms with Crippen molar-refractivity contribution in [3.8, 4) is 11.8 Å². The van der Waals surface area contributed by atoms with Crippen LogP contribution in [0.25, 0.3) is 0 Å². The van der Waals surface area contributed by atoms with Gasteiger partial charge in [-0.3, -0.25) is 9.69 Å². The predicted molar refractivity (Wildman–Crippen MR) is 122 cm³/mol. The Kier molecular flexibility index (Phi) is 7.33. The van der Waals surface area contributed by atoms with Crippen molar-refractivity contribution in [1.29, 1.82) is 0 Å². The molecule has 0 radical (unpaired) electrons. The van der Waals surface area contributed by atoms with Gasteiger partial charge >= 0.3 is 12.3 Å². The minimum absolute atomic E-state index is 0.0967. The van der Waals surface area contributed by atoms with Crippen LogP contribution in [0.2, 0.25) is 25.7 Å². The Morgan fingerprint density at radius 1 is 1.24 bits per heavy atom. The molecule has 1 aliphatic heterocycles. The molecule has 1 aromatic rings. The Balaban J connectivity index is 2.16. The van der Waals surface area contributed by atoms with Crippen molar-refractivity contribution in [1.82, 2.24) is 0 Å². The third-order valence-corrected chi connectivity index (χ3v) is 7.18. The van der Waals surface area contributed by atoms with Gasteiger partial charge in [0.1, 0.15) is 12.5 Å². The Bertz CT molecular complexity index is 1010. The Morgan fingerprint density at radius 3 is 2.47 bits per heavy atom. The van der Waals surface area contributed by atoms with Crippen LogP contribution in [-0.4, -0.2) is 51.7 Å². The fourth-order valence-corrected chi connectivity index (χ4v) is 4.19. The molecule has 34 heavy (non-hydrogen) atoms. The first-order valence-electron chi connectivity index (χ1n) is 11.1. The third-order valence-electron chi connectivity index (χ3n) is 5.47. The van der Waals surface area contributed by atoms with Crippen LogP contribution in [0.3, 0.4) is 0 Å². The number of halogens is 4. The average Bonchev–Trinajstić information content (AvgIpc) is 3.54. The zero-order valence-corrected chi connectivity index (χ0v) is 20.6. The fourth-order valence-electron chi connectivity index (χ4n) is 3.43. The van der Waals surface area contributed by atoms with Gasteiger partial charge in [0, 0.05) is 20.6 Å². The number of hydrogen-bond acceptors (Lipinski definition) is 4. The van der Waals surface area contributed by atoms with Gasteiger partial charge in [-0.2, -0.15) is 13.2 Å². The highest BCUT2D eigenvalue weighted by Crippen LogP contribution is 2.48. The number of benzene rings is 1. The lowest BCUT2D eigenvalue weighted by Crippen LogP contribution is -2.71. The number of hydrogen-bond donors (Lipinski definition) is 0. The Labute approximate surface area is 197 Å². The lowest BCUT2D eigenvalue weighted by atomic mass is 9.90. The van der Waals surface area contributed by atoms with Crippen molar-refractivity contribution in [2.45, 2.75) is 57.2 Å². The lowest BCUT2D eigenvalue weighted by Gasteiger charge is -2.46. The highest BCUT2D eigenvalue weighted by atomic mass is 28.3. The molecule has 11 heteroatoms. The second kappa shape index (κ2) is 9.58. The van der Waals surface area contributed by atoms with Crippen LogP contribution in [0.5, 0.6) is 0 Å². The molecule has 1 saturated carbocycles. The molecule has 0 saturated heterocycles. The number of fused-ring (bicyclic) bond motifs is 1. The molecule has 0 N–H and O–H groups in total. The summed E-state index contributed by atoms with van der Waals surface area (Å²) >= 11 is 0. The molecular formula is C23H28F4N2O4Si. The number of rotatable bonds is 6. The molecule has 6 nitrogen and oxygen atoms in total. The van der Waals surface area contributed by atoms with Crippen LogP contribution in [0.1, 0.15) is 19.8 Å². The van der Waals surface area contributed by atoms with Gasteiger partial charge in [-0.05, 0) is 44.0 Å². The maximum Gasteiger partial charge on any atom is 0.433 e. The Hall–Kier alpha value is -2.58. The second-order valence-electron chi connectivity index (χ2n) is 9.50. The lowest BCUT2D eigenvalue weighted by molar-refractivity contribution is -0.178. The van der Waals surface area contributed by atoms with Crippen LogP contribution in [0.4, 0.5) is 33.7 Å². The first-order valence-corrected chi connectivity index (χ1v) is 14.8. The van der Waals surface area contributed by atoms with E-state index in [4.69, 9.17) is 9.47 Å². The molecule has 2 amide bonds. The quantitative estimate of drug-likeness (QED) is 0.234. The van der Waals surface area contributed by atoms with Crippen molar-refractivity contribution < 1.29 is 36.6 Å². The van der Waals surface area contributed by atoms with E-state index >= 15 is 0 Å². The largest absolute Gasteiger partial charge is 0.449 e. The molecule has 1 aliphatic carbocycles. The standard InChI is InChI=1S/C23H28F4N2O4Si/c1-5-33-21(31)29-19-14-17(24)8-9-18(19)28(15-32-12-13-34(2,3)4)20(30)22(29,23(25,26)27)11-10-16-6-7-16/h8-9,14,16H,5-7,12-13,15H2,1-4H3. The van der Waals surface area contributed by atoms with E-state index in [9.17, 15) is 27.2 Å². The second-order valence-corrected chi connectivity index (χ2v) is 15.1. The number of carbonyl (C=O) groups is 2. The summed E-state index contributed by atoms with van der Waals surface area (Å²) in [5.41, 5.74) is -4.14. The third kappa shape index (κ3) is 5.23. The molecule has 1 heterocycles. The summed E-state index contributed by atoms with van der Waals surface area (Å²) in [5.74, 6) is 1.88. The summed E-state index contributed by atoms with van der Waals surface area (Å²) < 4.78 is 68.9. The van der Waals surface area contributed by atoms with Crippen molar-refractivity contribution in [2.75, 3.05) is 29.7 Å². The minimum Gasteiger partial charge on any atom is -0.449 e. The number of ether oxygens (including phenoxy) is 2. The molecule has 1 unspecified atom stereocenters. The molecule has 0 bridgehead atoms. The first kappa shape index (κ1) is 26.0. The van der Waals surface area contributed by atoms with E-state index in [2.05, 4.69) is 31.5 Å². The van der Waals surface area contributed by atoms with Crippen LogP contribution < -0.4 is 9.80 Å². The van der Waals surface area contributed by atoms with E-state index in [-0.39, 0.29) is 29.7 Å². The minimum atomic E-state index is -5.31. The van der Waals surface area contributed by atoms with Gasteiger partial charge in [-0.25, -0.2) is 14.1 Å². The molecule has 1 atom stereocenters. The first-order chi connectivity index (χ1) is 15.8. The molecule has 186 valence electrons. The summed E-state index contributed by atoms with van der Waals surface area (Å²) in [7, 11) is -1.50. The molecule has 2 aliphatic rings. The van der Waals surface area contributed by atoms with Gasteiger partial charge in [-0.15, -0.1) is 0 Å². The SMILES string of the molecule is CCOC(=O)N1c2cc(F)ccc2N(COCC[Si](C)(C)C)C(=O)C1(C#CC1CC1)C(F)(F)F. The maximum absolute atomic E-state index is 14.8. The number of carbonyl (C=O) groups excluding carboxylic acids is 2. The van der Waals surface area contributed by atoms with E-state index in [1.54, 1.807) is 0 Å². The van der Waals surface area contributed by atoms with Crippen molar-refractivity contribution >= 4 is 31.4 Å². The smallest absolute Gasteiger partial charge is 0.433 e. The predicted octanol–water partition coefficient (Wildman–Crippen LogP) is 5.16. The summed E-state index contributed by atoms with van der Waals surface area (Å²) in [5, 5.41) is 0. The zero-order chi connectivity index (χ0) is 25.3. The monoisotopic (exact) mass is 500 g/mol. The van der Waals surface area contributed by atoms with E-state index < -0.39 is 50.0 Å². The van der Waals surface area contributed by atoms with Gasteiger partial charge in [0.05, 0.1) is 18.0 Å². The van der Waals surface area contributed by atoms with Gasteiger partial charge in [0.15, 0.2) is 0 Å². The summed E-state index contributed by atoms with van der Waals surface area (Å²) in [4.78, 5) is 27.3. The topological polar surface area (TPSA) is 59.1 Å². The molecule has 1 fully saturated rings. The van der Waals surface area contributed by atoms with Crippen LogP contribution in [0, 0.1) is 23.6 Å². The maximum atomic E-state index is 14.8. The number of nitrogens with zero attached hydrogens (tertiary/aromatic N) is 2. The number of alkyl halides is 3. The molecule has 3 rings (SSSR count). The van der Waals surface area contributed by atoms with Crippen molar-refractivity contribution in [2.24, 2.45) is 5.92 Å². The highest BCUT2D eigenvalue weighted by molar-refractivity contribution is 6.76. The molecule has 0 aromatic heterocycles. The summed E-state index contributed by atoms with van der Waals surface area (Å²) in [6.45, 7) is 7.24. The number of anilines is 2. The van der Waals surface area contributed by atoms with Gasteiger partial charge in [0.2, 0.25) is 0 Å². The molecular weight excluding hydrogens is 472 g/mol. The summed E-state index contributed by atoms with van der Waals surface area (Å²) in [6, 6.07) is 3.64. The van der Waals surface area contributed by atoms with Crippen LogP contribution >= 0.6 is 0 Å². The van der Waals surface area contributed by atoms with Crippen molar-refractivity contribution in [3.63, 3.8) is 0 Å². The zero-order valence-electron chi connectivity index (χ0n) is 19.6. The van der Waals surface area contributed by atoms with E-state index in [1.807, 2.05) is 0 Å². The van der Waals surface area contributed by atoms with Gasteiger partial charge in [-0.1, -0.05) is 31.5 Å². The fraction of sp³-hybridized carbons (Fsp3) is 0.565. The molecule has 0 spiro atoms. The normalized spacial score (nSPS) is 20.5. The number of amides is 2. The van der Waals surface area contributed by atoms with Crippen LogP contribution in [-0.2, 0) is 14.3 Å². The molecule has 1 aromatic carbocycles. The van der Waals surface area contributed by atoms with E-state index in [0.29, 0.717) is 12.8 Å². The average molecular weight is 501 g/mol. The highest BCUT2D eigenvalue weighted by Gasteiger charge is 2.69. The van der Waals surface area contributed by atoms with Crippen molar-refractivity contribution in [3.05, 3.63) is 24.0 Å². The Morgan fingerprint density at radius 2 is 1.91 bits per heavy atom.